The van der Waals surface area contributed by atoms with Gasteiger partial charge in [-0.1, -0.05) is 30.3 Å². The third kappa shape index (κ3) is 1.51. The van der Waals surface area contributed by atoms with Crippen molar-refractivity contribution in [3.05, 3.63) is 53.5 Å². The lowest BCUT2D eigenvalue weighted by molar-refractivity contribution is 0.889. The second kappa shape index (κ2) is 3.95. The molecule has 0 saturated carbocycles. The van der Waals surface area contributed by atoms with Crippen LogP contribution in [0.5, 0.6) is 0 Å². The zero-order valence-electron chi connectivity index (χ0n) is 10.8. The fraction of sp³-hybridized carbons (Fsp3) is 0.200. The molecule has 90 valence electrons. The highest BCUT2D eigenvalue weighted by molar-refractivity contribution is 5.70. The van der Waals surface area contributed by atoms with E-state index in [4.69, 9.17) is 0 Å². The smallest absolute Gasteiger partial charge is 0.158 e. The second-order valence-corrected chi connectivity index (χ2v) is 4.59. The molecule has 3 heteroatoms. The molecule has 1 aromatic carbocycles. The van der Waals surface area contributed by atoms with E-state index < -0.39 is 0 Å². The molecule has 3 rings (SSSR count). The molecule has 0 spiro atoms. The molecule has 0 aliphatic carbocycles. The zero-order valence-corrected chi connectivity index (χ0v) is 10.8. The Kier molecular flexibility index (Phi) is 2.40. The Morgan fingerprint density at radius 3 is 2.44 bits per heavy atom. The number of hydrogen-bond donors (Lipinski definition) is 0. The van der Waals surface area contributed by atoms with Crippen LogP contribution in [0.3, 0.4) is 0 Å². The second-order valence-electron chi connectivity index (χ2n) is 4.59. The minimum absolute atomic E-state index is 0.949. The van der Waals surface area contributed by atoms with Crippen molar-refractivity contribution in [2.24, 2.45) is 0 Å². The van der Waals surface area contributed by atoms with Gasteiger partial charge in [-0.05, 0) is 26.3 Å². The van der Waals surface area contributed by atoms with Crippen LogP contribution in [0, 0.1) is 20.8 Å². The van der Waals surface area contributed by atoms with Gasteiger partial charge in [0.25, 0.3) is 0 Å². The van der Waals surface area contributed by atoms with Crippen LogP contribution >= 0.6 is 0 Å². The first kappa shape index (κ1) is 11.0. The van der Waals surface area contributed by atoms with Crippen LogP contribution in [0.4, 0.5) is 0 Å². The molecule has 2 aromatic heterocycles. The Hall–Kier alpha value is -2.16. The van der Waals surface area contributed by atoms with E-state index in [1.165, 1.54) is 11.1 Å². The summed E-state index contributed by atoms with van der Waals surface area (Å²) in [5.74, 6) is 0. The van der Waals surface area contributed by atoms with Crippen LogP contribution in [0.1, 0.15) is 17.0 Å². The summed E-state index contributed by atoms with van der Waals surface area (Å²) >= 11 is 0. The van der Waals surface area contributed by atoms with Gasteiger partial charge >= 0.3 is 0 Å². The molecule has 0 saturated heterocycles. The predicted molar refractivity (Wildman–Crippen MR) is 72.6 cm³/mol. The molecule has 18 heavy (non-hydrogen) atoms. The fourth-order valence-electron chi connectivity index (χ4n) is 2.41. The Morgan fingerprint density at radius 2 is 1.72 bits per heavy atom. The van der Waals surface area contributed by atoms with Crippen LogP contribution in [-0.4, -0.2) is 14.6 Å². The van der Waals surface area contributed by atoms with Crippen LogP contribution in [-0.2, 0) is 0 Å². The first-order valence-electron chi connectivity index (χ1n) is 6.05. The minimum atomic E-state index is 0.949. The van der Waals surface area contributed by atoms with E-state index >= 15 is 0 Å². The summed E-state index contributed by atoms with van der Waals surface area (Å²) in [5, 5.41) is 4.40. The molecular formula is C15H15N3. The van der Waals surface area contributed by atoms with Crippen molar-refractivity contribution in [3.8, 4) is 11.1 Å². The van der Waals surface area contributed by atoms with E-state index in [1.807, 2.05) is 35.8 Å². The highest BCUT2D eigenvalue weighted by Crippen LogP contribution is 2.26. The van der Waals surface area contributed by atoms with Gasteiger partial charge in [0.2, 0.25) is 0 Å². The maximum Gasteiger partial charge on any atom is 0.158 e. The van der Waals surface area contributed by atoms with Crippen molar-refractivity contribution in [2.45, 2.75) is 20.8 Å². The number of aryl methyl sites for hydroxylation is 3. The lowest BCUT2D eigenvalue weighted by Crippen LogP contribution is -2.02. The first-order valence-corrected chi connectivity index (χ1v) is 6.05. The maximum atomic E-state index is 4.67. The number of aromatic nitrogens is 3. The van der Waals surface area contributed by atoms with Crippen molar-refractivity contribution in [2.75, 3.05) is 0 Å². The topological polar surface area (TPSA) is 30.2 Å². The van der Waals surface area contributed by atoms with Crippen LogP contribution in [0.15, 0.2) is 36.5 Å². The minimum Gasteiger partial charge on any atom is -0.233 e. The number of hydrogen-bond acceptors (Lipinski definition) is 2. The van der Waals surface area contributed by atoms with Gasteiger partial charge in [0.1, 0.15) is 0 Å². The lowest BCUT2D eigenvalue weighted by Gasteiger charge is -2.11. The van der Waals surface area contributed by atoms with Crippen molar-refractivity contribution in [1.82, 2.24) is 14.6 Å². The van der Waals surface area contributed by atoms with E-state index in [9.17, 15) is 0 Å². The molecule has 2 heterocycles. The van der Waals surface area contributed by atoms with Crippen molar-refractivity contribution >= 4 is 5.65 Å². The fourth-order valence-corrected chi connectivity index (χ4v) is 2.41. The van der Waals surface area contributed by atoms with Crippen molar-refractivity contribution in [1.29, 1.82) is 0 Å². The van der Waals surface area contributed by atoms with Crippen molar-refractivity contribution < 1.29 is 0 Å². The molecule has 0 aliphatic heterocycles. The molecule has 0 fully saturated rings. The van der Waals surface area contributed by atoms with E-state index in [1.54, 1.807) is 0 Å². The van der Waals surface area contributed by atoms with Gasteiger partial charge in [-0.3, -0.25) is 0 Å². The summed E-state index contributed by atoms with van der Waals surface area (Å²) in [4.78, 5) is 4.67. The largest absolute Gasteiger partial charge is 0.233 e. The summed E-state index contributed by atoms with van der Waals surface area (Å²) in [6.45, 7) is 6.19. The molecule has 0 unspecified atom stereocenters. The van der Waals surface area contributed by atoms with Gasteiger partial charge in [-0.2, -0.15) is 5.10 Å². The normalized spacial score (nSPS) is 11.1. The van der Waals surface area contributed by atoms with Gasteiger partial charge in [-0.15, -0.1) is 0 Å². The summed E-state index contributed by atoms with van der Waals surface area (Å²) in [6, 6.07) is 10.3. The molecule has 0 radical (unpaired) electrons. The van der Waals surface area contributed by atoms with Gasteiger partial charge in [0.15, 0.2) is 5.65 Å². The highest BCUT2D eigenvalue weighted by Gasteiger charge is 2.12. The first-order chi connectivity index (χ1) is 8.68. The standard InChI is InChI=1S/C15H15N3/c1-10-9-16-18-12(3)14(11(2)17-15(10)18)13-7-5-4-6-8-13/h4-9H,1-3H3. The molecule has 3 aromatic rings. The highest BCUT2D eigenvalue weighted by atomic mass is 15.3. The molecular weight excluding hydrogens is 222 g/mol. The summed E-state index contributed by atoms with van der Waals surface area (Å²) < 4.78 is 1.92. The van der Waals surface area contributed by atoms with Crippen LogP contribution in [0.25, 0.3) is 16.8 Å². The van der Waals surface area contributed by atoms with Gasteiger partial charge in [0.05, 0.1) is 11.9 Å². The molecule has 0 atom stereocenters. The van der Waals surface area contributed by atoms with Crippen LogP contribution in [0.2, 0.25) is 0 Å². The predicted octanol–water partition coefficient (Wildman–Crippen LogP) is 3.32. The lowest BCUT2D eigenvalue weighted by atomic mass is 10.0. The Balaban J connectivity index is 2.37. The number of benzene rings is 1. The Morgan fingerprint density at radius 1 is 1.00 bits per heavy atom. The molecule has 0 N–H and O–H groups in total. The number of fused-ring (bicyclic) bond motifs is 1. The third-order valence-corrected chi connectivity index (χ3v) is 3.30. The number of nitrogens with zero attached hydrogens (tertiary/aromatic N) is 3. The van der Waals surface area contributed by atoms with Gasteiger partial charge in [0, 0.05) is 16.8 Å². The van der Waals surface area contributed by atoms with E-state index in [0.717, 1.165) is 22.6 Å². The SMILES string of the molecule is Cc1nc2c(C)cnn2c(C)c1-c1ccccc1. The average Bonchev–Trinajstić information content (AvgIpc) is 2.73. The Labute approximate surface area is 106 Å². The van der Waals surface area contributed by atoms with Gasteiger partial charge < -0.3 is 0 Å². The molecule has 0 bridgehead atoms. The monoisotopic (exact) mass is 237 g/mol. The Bertz CT molecular complexity index is 711. The number of rotatable bonds is 1. The zero-order chi connectivity index (χ0) is 12.7. The maximum absolute atomic E-state index is 4.67. The quantitative estimate of drug-likeness (QED) is 0.650. The van der Waals surface area contributed by atoms with E-state index in [2.05, 4.69) is 36.1 Å². The average molecular weight is 237 g/mol. The van der Waals surface area contributed by atoms with Crippen LogP contribution < -0.4 is 0 Å². The summed E-state index contributed by atoms with van der Waals surface area (Å²) in [5.41, 5.74) is 6.61. The van der Waals surface area contributed by atoms with E-state index in [0.29, 0.717) is 0 Å². The third-order valence-electron chi connectivity index (χ3n) is 3.30. The molecule has 3 nitrogen and oxygen atoms in total. The van der Waals surface area contributed by atoms with E-state index in [-0.39, 0.29) is 0 Å². The molecule has 0 aliphatic rings. The summed E-state index contributed by atoms with van der Waals surface area (Å²) in [7, 11) is 0. The van der Waals surface area contributed by atoms with Gasteiger partial charge in [-0.25, -0.2) is 9.50 Å². The molecule has 0 amide bonds. The summed E-state index contributed by atoms with van der Waals surface area (Å²) in [6.07, 6.45) is 1.86. The van der Waals surface area contributed by atoms with Crippen molar-refractivity contribution in [3.63, 3.8) is 0 Å².